The summed E-state index contributed by atoms with van der Waals surface area (Å²) >= 11 is 0. The molecule has 0 heterocycles. The monoisotopic (exact) mass is 260 g/mol. The number of hydrogen-bond acceptors (Lipinski definition) is 2. The molecule has 0 aromatic heterocycles. The van der Waals surface area contributed by atoms with Crippen molar-refractivity contribution in [1.82, 2.24) is 10.6 Å². The first-order valence-electron chi connectivity index (χ1n) is 7.06. The third-order valence-electron chi connectivity index (χ3n) is 4.24. The molecule has 1 aromatic carbocycles. The molecule has 104 valence electrons. The quantitative estimate of drug-likeness (QED) is 0.853. The molecule has 2 N–H and O–H groups in total. The molecule has 0 aliphatic heterocycles. The van der Waals surface area contributed by atoms with E-state index in [2.05, 4.69) is 42.7 Å². The summed E-state index contributed by atoms with van der Waals surface area (Å²) in [5.41, 5.74) is 3.56. The van der Waals surface area contributed by atoms with Crippen LogP contribution in [-0.2, 0) is 11.3 Å². The molecule has 2 rings (SSSR count). The van der Waals surface area contributed by atoms with E-state index >= 15 is 0 Å². The van der Waals surface area contributed by atoms with Crippen LogP contribution in [0.25, 0.3) is 0 Å². The minimum absolute atomic E-state index is 0.159. The fourth-order valence-electron chi connectivity index (χ4n) is 2.83. The van der Waals surface area contributed by atoms with Gasteiger partial charge in [-0.2, -0.15) is 0 Å². The van der Waals surface area contributed by atoms with Crippen LogP contribution in [0.1, 0.15) is 36.0 Å². The van der Waals surface area contributed by atoms with E-state index in [0.717, 1.165) is 19.4 Å². The summed E-state index contributed by atoms with van der Waals surface area (Å²) in [5.74, 6) is 0.202. The summed E-state index contributed by atoms with van der Waals surface area (Å²) in [6.07, 6.45) is 3.18. The van der Waals surface area contributed by atoms with E-state index in [0.29, 0.717) is 6.54 Å². The van der Waals surface area contributed by atoms with Crippen LogP contribution in [0.15, 0.2) is 18.2 Å². The van der Waals surface area contributed by atoms with Crippen molar-refractivity contribution >= 4 is 5.91 Å². The number of aryl methyl sites for hydroxylation is 2. The van der Waals surface area contributed by atoms with Gasteiger partial charge in [0.05, 0.1) is 5.41 Å². The van der Waals surface area contributed by atoms with E-state index in [1.807, 2.05) is 7.05 Å². The number of hydrogen-bond donors (Lipinski definition) is 2. The largest absolute Gasteiger partial charge is 0.351 e. The molecule has 0 saturated heterocycles. The zero-order valence-electron chi connectivity index (χ0n) is 12.2. The first-order valence-corrected chi connectivity index (χ1v) is 7.06. The van der Waals surface area contributed by atoms with Crippen molar-refractivity contribution in [2.75, 3.05) is 13.6 Å². The summed E-state index contributed by atoms with van der Waals surface area (Å²) in [6, 6.07) is 6.37. The molecule has 0 bridgehead atoms. The number of nitrogens with one attached hydrogen (secondary N) is 2. The van der Waals surface area contributed by atoms with E-state index in [9.17, 15) is 4.79 Å². The van der Waals surface area contributed by atoms with Crippen molar-refractivity contribution < 1.29 is 4.79 Å². The molecule has 19 heavy (non-hydrogen) atoms. The number of carbonyl (C=O) groups excluding carboxylic acids is 1. The first-order chi connectivity index (χ1) is 9.07. The highest BCUT2D eigenvalue weighted by atomic mass is 16.2. The zero-order valence-corrected chi connectivity index (χ0v) is 12.2. The SMILES string of the molecule is CNCC1(C(=O)NCc2ccc(C)cc2C)CCC1. The molecular formula is C16H24N2O. The van der Waals surface area contributed by atoms with Gasteiger partial charge >= 0.3 is 0 Å². The van der Waals surface area contributed by atoms with Gasteiger partial charge in [-0.25, -0.2) is 0 Å². The highest BCUT2D eigenvalue weighted by molar-refractivity contribution is 5.83. The lowest BCUT2D eigenvalue weighted by Gasteiger charge is -2.40. The van der Waals surface area contributed by atoms with Crippen molar-refractivity contribution in [3.05, 3.63) is 34.9 Å². The van der Waals surface area contributed by atoms with Crippen LogP contribution in [-0.4, -0.2) is 19.5 Å². The smallest absolute Gasteiger partial charge is 0.227 e. The van der Waals surface area contributed by atoms with Crippen molar-refractivity contribution in [2.24, 2.45) is 5.41 Å². The molecule has 3 nitrogen and oxygen atoms in total. The second kappa shape index (κ2) is 5.74. The Morgan fingerprint density at radius 1 is 1.32 bits per heavy atom. The van der Waals surface area contributed by atoms with Gasteiger partial charge < -0.3 is 10.6 Å². The van der Waals surface area contributed by atoms with Crippen molar-refractivity contribution in [3.8, 4) is 0 Å². The molecule has 1 amide bonds. The van der Waals surface area contributed by atoms with E-state index in [4.69, 9.17) is 0 Å². The number of carbonyl (C=O) groups is 1. The Morgan fingerprint density at radius 3 is 2.58 bits per heavy atom. The highest BCUT2D eigenvalue weighted by Gasteiger charge is 2.43. The standard InChI is InChI=1S/C16H24N2O/c1-12-5-6-14(13(2)9-12)10-18-15(19)16(11-17-3)7-4-8-16/h5-6,9,17H,4,7-8,10-11H2,1-3H3,(H,18,19). The Labute approximate surface area is 115 Å². The molecule has 1 aliphatic carbocycles. The van der Waals surface area contributed by atoms with Gasteiger partial charge in [0, 0.05) is 13.1 Å². The maximum Gasteiger partial charge on any atom is 0.227 e. The Bertz CT molecular complexity index is 464. The molecule has 0 spiro atoms. The summed E-state index contributed by atoms with van der Waals surface area (Å²) < 4.78 is 0. The first kappa shape index (κ1) is 14.1. The number of rotatable bonds is 5. The van der Waals surface area contributed by atoms with Crippen LogP contribution in [0.5, 0.6) is 0 Å². The molecule has 0 atom stereocenters. The van der Waals surface area contributed by atoms with Gasteiger partial charge in [0.1, 0.15) is 0 Å². The van der Waals surface area contributed by atoms with Crippen LogP contribution >= 0.6 is 0 Å². The Balaban J connectivity index is 1.96. The van der Waals surface area contributed by atoms with E-state index in [1.165, 1.54) is 23.1 Å². The van der Waals surface area contributed by atoms with Gasteiger partial charge in [-0.05, 0) is 44.9 Å². The van der Waals surface area contributed by atoms with Crippen LogP contribution in [0.3, 0.4) is 0 Å². The number of amides is 1. The van der Waals surface area contributed by atoms with Gasteiger partial charge in [0.25, 0.3) is 0 Å². The van der Waals surface area contributed by atoms with Gasteiger partial charge in [-0.1, -0.05) is 30.2 Å². The second-order valence-electron chi connectivity index (χ2n) is 5.78. The van der Waals surface area contributed by atoms with Crippen molar-refractivity contribution in [3.63, 3.8) is 0 Å². The van der Waals surface area contributed by atoms with Gasteiger partial charge in [-0.3, -0.25) is 4.79 Å². The second-order valence-corrected chi connectivity index (χ2v) is 5.78. The van der Waals surface area contributed by atoms with Crippen molar-refractivity contribution in [1.29, 1.82) is 0 Å². The number of benzene rings is 1. The molecule has 1 aromatic rings. The topological polar surface area (TPSA) is 41.1 Å². The summed E-state index contributed by atoms with van der Waals surface area (Å²) in [4.78, 5) is 12.3. The molecule has 1 saturated carbocycles. The molecular weight excluding hydrogens is 236 g/mol. The van der Waals surface area contributed by atoms with Crippen LogP contribution < -0.4 is 10.6 Å². The maximum absolute atomic E-state index is 12.3. The van der Waals surface area contributed by atoms with E-state index < -0.39 is 0 Å². The fraction of sp³-hybridized carbons (Fsp3) is 0.562. The molecule has 1 aliphatic rings. The van der Waals surface area contributed by atoms with Gasteiger partial charge in [0.2, 0.25) is 5.91 Å². The molecule has 1 fully saturated rings. The average Bonchev–Trinajstić information content (AvgIpc) is 2.32. The normalized spacial score (nSPS) is 16.8. The minimum atomic E-state index is -0.159. The predicted octanol–water partition coefficient (Wildman–Crippen LogP) is 2.31. The lowest BCUT2D eigenvalue weighted by atomic mass is 9.68. The summed E-state index contributed by atoms with van der Waals surface area (Å²) in [7, 11) is 1.91. The maximum atomic E-state index is 12.3. The lowest BCUT2D eigenvalue weighted by molar-refractivity contribution is -0.135. The third kappa shape index (κ3) is 2.98. The average molecular weight is 260 g/mol. The Hall–Kier alpha value is -1.35. The Morgan fingerprint density at radius 2 is 2.05 bits per heavy atom. The molecule has 0 radical (unpaired) electrons. The van der Waals surface area contributed by atoms with E-state index in [-0.39, 0.29) is 11.3 Å². The van der Waals surface area contributed by atoms with Crippen LogP contribution in [0.4, 0.5) is 0 Å². The predicted molar refractivity (Wildman–Crippen MR) is 78.0 cm³/mol. The van der Waals surface area contributed by atoms with Crippen molar-refractivity contribution in [2.45, 2.75) is 39.7 Å². The molecule has 0 unspecified atom stereocenters. The third-order valence-corrected chi connectivity index (χ3v) is 4.24. The summed E-state index contributed by atoms with van der Waals surface area (Å²) in [6.45, 7) is 5.61. The lowest BCUT2D eigenvalue weighted by Crippen LogP contribution is -2.50. The highest BCUT2D eigenvalue weighted by Crippen LogP contribution is 2.40. The fourth-order valence-corrected chi connectivity index (χ4v) is 2.83. The van der Waals surface area contributed by atoms with Gasteiger partial charge in [-0.15, -0.1) is 0 Å². The summed E-state index contributed by atoms with van der Waals surface area (Å²) in [5, 5.41) is 6.26. The van der Waals surface area contributed by atoms with Crippen LogP contribution in [0.2, 0.25) is 0 Å². The zero-order chi connectivity index (χ0) is 13.9. The minimum Gasteiger partial charge on any atom is -0.351 e. The van der Waals surface area contributed by atoms with E-state index in [1.54, 1.807) is 0 Å². The molecule has 3 heteroatoms. The van der Waals surface area contributed by atoms with Crippen LogP contribution in [0, 0.1) is 19.3 Å². The Kier molecular flexibility index (Phi) is 4.25. The van der Waals surface area contributed by atoms with Gasteiger partial charge in [0.15, 0.2) is 0 Å².